The number of likely N-dealkylation sites (tertiary alicyclic amines) is 1. The number of nitrogens with zero attached hydrogens (tertiary/aromatic N) is 2. The predicted molar refractivity (Wildman–Crippen MR) is 66.8 cm³/mol. The van der Waals surface area contributed by atoms with Crippen LogP contribution in [0.25, 0.3) is 0 Å². The SMILES string of the molecule is CC.N#CC1CCN(Cc2ccccc2)C1. The van der Waals surface area contributed by atoms with E-state index in [9.17, 15) is 0 Å². The molecule has 0 bridgehead atoms. The second-order valence-corrected chi connectivity index (χ2v) is 3.84. The highest BCUT2D eigenvalue weighted by Crippen LogP contribution is 2.17. The summed E-state index contributed by atoms with van der Waals surface area (Å²) in [5.41, 5.74) is 1.34. The molecule has 0 saturated carbocycles. The normalized spacial score (nSPS) is 19.7. The zero-order valence-electron chi connectivity index (χ0n) is 10.2. The second kappa shape index (κ2) is 7.03. The van der Waals surface area contributed by atoms with Gasteiger partial charge in [0.05, 0.1) is 12.0 Å². The first-order valence-electron chi connectivity index (χ1n) is 6.04. The maximum Gasteiger partial charge on any atom is 0.0669 e. The highest BCUT2D eigenvalue weighted by Gasteiger charge is 2.21. The van der Waals surface area contributed by atoms with Crippen molar-refractivity contribution in [2.75, 3.05) is 13.1 Å². The van der Waals surface area contributed by atoms with E-state index < -0.39 is 0 Å². The summed E-state index contributed by atoms with van der Waals surface area (Å²) in [6.45, 7) is 6.98. The molecule has 2 nitrogen and oxygen atoms in total. The monoisotopic (exact) mass is 216 g/mol. The van der Waals surface area contributed by atoms with Crippen molar-refractivity contribution in [3.8, 4) is 6.07 Å². The average Bonchev–Trinajstić information content (AvgIpc) is 2.81. The molecule has 1 fully saturated rings. The van der Waals surface area contributed by atoms with Crippen LogP contribution >= 0.6 is 0 Å². The van der Waals surface area contributed by atoms with E-state index >= 15 is 0 Å². The van der Waals surface area contributed by atoms with Gasteiger partial charge in [-0.05, 0) is 18.5 Å². The summed E-state index contributed by atoms with van der Waals surface area (Å²) in [5, 5.41) is 8.77. The quantitative estimate of drug-likeness (QED) is 0.759. The Hall–Kier alpha value is -1.33. The van der Waals surface area contributed by atoms with Crippen molar-refractivity contribution >= 4 is 0 Å². The van der Waals surface area contributed by atoms with Gasteiger partial charge in [0, 0.05) is 13.1 Å². The molecule has 1 unspecified atom stereocenters. The summed E-state index contributed by atoms with van der Waals surface area (Å²) < 4.78 is 0. The summed E-state index contributed by atoms with van der Waals surface area (Å²) in [6, 6.07) is 12.8. The molecular weight excluding hydrogens is 196 g/mol. The molecule has 2 heteroatoms. The first kappa shape index (κ1) is 12.7. The van der Waals surface area contributed by atoms with Gasteiger partial charge in [0.2, 0.25) is 0 Å². The van der Waals surface area contributed by atoms with Crippen molar-refractivity contribution < 1.29 is 0 Å². The van der Waals surface area contributed by atoms with Gasteiger partial charge >= 0.3 is 0 Å². The van der Waals surface area contributed by atoms with Crippen LogP contribution in [0.1, 0.15) is 25.8 Å². The Morgan fingerprint density at radius 1 is 1.31 bits per heavy atom. The smallest absolute Gasteiger partial charge is 0.0669 e. The standard InChI is InChI=1S/C12H14N2.C2H6/c13-8-12-6-7-14(10-12)9-11-4-2-1-3-5-11;1-2/h1-5,12H,6-7,9-10H2;1-2H3. The Morgan fingerprint density at radius 3 is 2.56 bits per heavy atom. The first-order chi connectivity index (χ1) is 7.88. The minimum absolute atomic E-state index is 0.249. The van der Waals surface area contributed by atoms with Crippen LogP contribution in [0, 0.1) is 17.2 Å². The van der Waals surface area contributed by atoms with Gasteiger partial charge < -0.3 is 0 Å². The topological polar surface area (TPSA) is 27.0 Å². The molecule has 0 N–H and O–H groups in total. The molecule has 16 heavy (non-hydrogen) atoms. The highest BCUT2D eigenvalue weighted by atomic mass is 15.1. The van der Waals surface area contributed by atoms with Crippen molar-refractivity contribution in [2.24, 2.45) is 5.92 Å². The van der Waals surface area contributed by atoms with Crippen LogP contribution in [-0.4, -0.2) is 18.0 Å². The van der Waals surface area contributed by atoms with Gasteiger partial charge in [-0.15, -0.1) is 0 Å². The third-order valence-corrected chi connectivity index (χ3v) is 2.70. The zero-order valence-corrected chi connectivity index (χ0v) is 10.2. The molecule has 1 saturated heterocycles. The van der Waals surface area contributed by atoms with E-state index in [-0.39, 0.29) is 5.92 Å². The predicted octanol–water partition coefficient (Wildman–Crippen LogP) is 3.06. The molecule has 0 radical (unpaired) electrons. The Morgan fingerprint density at radius 2 is 2.00 bits per heavy atom. The summed E-state index contributed by atoms with van der Waals surface area (Å²) in [6.07, 6.45) is 1.03. The summed E-state index contributed by atoms with van der Waals surface area (Å²) in [7, 11) is 0. The van der Waals surface area contributed by atoms with Gasteiger partial charge in [0.15, 0.2) is 0 Å². The van der Waals surface area contributed by atoms with Crippen LogP contribution in [0.2, 0.25) is 0 Å². The van der Waals surface area contributed by atoms with Crippen molar-refractivity contribution in [1.29, 1.82) is 5.26 Å². The Balaban J connectivity index is 0.000000606. The van der Waals surface area contributed by atoms with E-state index in [1.165, 1.54) is 5.56 Å². The van der Waals surface area contributed by atoms with Crippen LogP contribution in [0.5, 0.6) is 0 Å². The van der Waals surface area contributed by atoms with E-state index in [0.717, 1.165) is 26.1 Å². The molecular formula is C14H20N2. The summed E-state index contributed by atoms with van der Waals surface area (Å²) >= 11 is 0. The second-order valence-electron chi connectivity index (χ2n) is 3.84. The molecule has 0 aromatic heterocycles. The van der Waals surface area contributed by atoms with E-state index in [0.29, 0.717) is 0 Å². The van der Waals surface area contributed by atoms with E-state index in [2.05, 4.69) is 35.2 Å². The number of hydrogen-bond donors (Lipinski definition) is 0. The average molecular weight is 216 g/mol. The minimum Gasteiger partial charge on any atom is -0.298 e. The van der Waals surface area contributed by atoms with Crippen molar-refractivity contribution in [3.05, 3.63) is 35.9 Å². The first-order valence-corrected chi connectivity index (χ1v) is 6.04. The Labute approximate surface area is 98.5 Å². The molecule has 1 heterocycles. The molecule has 1 aromatic carbocycles. The number of benzene rings is 1. The molecule has 0 aliphatic carbocycles. The summed E-state index contributed by atoms with van der Waals surface area (Å²) in [5.74, 6) is 0.249. The lowest BCUT2D eigenvalue weighted by Gasteiger charge is -2.14. The van der Waals surface area contributed by atoms with E-state index in [4.69, 9.17) is 5.26 Å². The summed E-state index contributed by atoms with van der Waals surface area (Å²) in [4.78, 5) is 2.35. The van der Waals surface area contributed by atoms with Gasteiger partial charge in [0.1, 0.15) is 0 Å². The lowest BCUT2D eigenvalue weighted by molar-refractivity contribution is 0.325. The van der Waals surface area contributed by atoms with Crippen LogP contribution in [0.4, 0.5) is 0 Å². The molecule has 1 aromatic rings. The van der Waals surface area contributed by atoms with E-state index in [1.54, 1.807) is 0 Å². The van der Waals surface area contributed by atoms with Crippen LogP contribution in [-0.2, 0) is 6.54 Å². The largest absolute Gasteiger partial charge is 0.298 e. The zero-order chi connectivity index (χ0) is 11.8. The van der Waals surface area contributed by atoms with Crippen LogP contribution < -0.4 is 0 Å². The van der Waals surface area contributed by atoms with Crippen LogP contribution in [0.3, 0.4) is 0 Å². The van der Waals surface area contributed by atoms with Crippen LogP contribution in [0.15, 0.2) is 30.3 Å². The lowest BCUT2D eigenvalue weighted by Crippen LogP contribution is -2.19. The maximum atomic E-state index is 8.77. The van der Waals surface area contributed by atoms with Crippen molar-refractivity contribution in [2.45, 2.75) is 26.8 Å². The highest BCUT2D eigenvalue weighted by molar-refractivity contribution is 5.14. The molecule has 0 amide bonds. The molecule has 1 aliphatic rings. The number of rotatable bonds is 2. The Kier molecular flexibility index (Phi) is 5.60. The third-order valence-electron chi connectivity index (χ3n) is 2.70. The molecule has 1 aliphatic heterocycles. The number of nitriles is 1. The number of hydrogen-bond acceptors (Lipinski definition) is 2. The third kappa shape index (κ3) is 3.67. The lowest BCUT2D eigenvalue weighted by atomic mass is 10.1. The van der Waals surface area contributed by atoms with Gasteiger partial charge in [-0.25, -0.2) is 0 Å². The van der Waals surface area contributed by atoms with Crippen molar-refractivity contribution in [1.82, 2.24) is 4.90 Å². The van der Waals surface area contributed by atoms with E-state index in [1.807, 2.05) is 19.9 Å². The maximum absolute atomic E-state index is 8.77. The fraction of sp³-hybridized carbons (Fsp3) is 0.500. The van der Waals surface area contributed by atoms with Crippen molar-refractivity contribution in [3.63, 3.8) is 0 Å². The fourth-order valence-electron chi connectivity index (χ4n) is 1.92. The fourth-order valence-corrected chi connectivity index (χ4v) is 1.92. The minimum atomic E-state index is 0.249. The van der Waals surface area contributed by atoms with Gasteiger partial charge in [-0.2, -0.15) is 5.26 Å². The van der Waals surface area contributed by atoms with Gasteiger partial charge in [-0.3, -0.25) is 4.90 Å². The van der Waals surface area contributed by atoms with Gasteiger partial charge in [0.25, 0.3) is 0 Å². The molecule has 1 atom stereocenters. The molecule has 0 spiro atoms. The molecule has 86 valence electrons. The Bertz CT molecular complexity index is 326. The molecule has 2 rings (SSSR count). The van der Waals surface area contributed by atoms with Gasteiger partial charge in [-0.1, -0.05) is 44.2 Å².